The van der Waals surface area contributed by atoms with Crippen LogP contribution in [0.2, 0.25) is 0 Å². The van der Waals surface area contributed by atoms with E-state index in [1.54, 1.807) is 12.3 Å². The van der Waals surface area contributed by atoms with Crippen LogP contribution in [0.5, 0.6) is 0 Å². The third-order valence-electron chi connectivity index (χ3n) is 2.45. The van der Waals surface area contributed by atoms with Gasteiger partial charge in [-0.25, -0.2) is 14.7 Å². The summed E-state index contributed by atoms with van der Waals surface area (Å²) < 4.78 is 6.20. The number of hydrogen-bond donors (Lipinski definition) is 1. The zero-order chi connectivity index (χ0) is 14.2. The average Bonchev–Trinajstić information content (AvgIpc) is 2.26. The maximum absolute atomic E-state index is 12.2. The van der Waals surface area contributed by atoms with Gasteiger partial charge in [-0.1, -0.05) is 6.08 Å². The molecule has 2 N–H and O–H groups in total. The number of carbonyl (C=O) groups excluding carboxylic acids is 1. The van der Waals surface area contributed by atoms with Crippen molar-refractivity contribution in [3.05, 3.63) is 28.4 Å². The number of carbonyl (C=O) groups is 1. The molecule has 0 saturated carbocycles. The number of halogens is 1. The topological polar surface area (TPSA) is 68.5 Å². The van der Waals surface area contributed by atoms with Gasteiger partial charge in [0.15, 0.2) is 0 Å². The second-order valence-corrected chi connectivity index (χ2v) is 6.18. The molecular weight excluding hydrogens is 310 g/mol. The number of pyridine rings is 1. The zero-order valence-electron chi connectivity index (χ0n) is 11.1. The van der Waals surface area contributed by atoms with Crippen LogP contribution in [0.15, 0.2) is 22.8 Å². The van der Waals surface area contributed by atoms with Gasteiger partial charge in [-0.05, 0) is 48.8 Å². The SMILES string of the molecule is CC(C)(C)OC(=O)N1c2ncc(Br)cc2C=CC1N. The summed E-state index contributed by atoms with van der Waals surface area (Å²) in [4.78, 5) is 17.8. The number of amides is 1. The Labute approximate surface area is 120 Å². The molecular formula is C13H16BrN3O2. The van der Waals surface area contributed by atoms with E-state index in [2.05, 4.69) is 20.9 Å². The van der Waals surface area contributed by atoms with Gasteiger partial charge in [0, 0.05) is 16.2 Å². The van der Waals surface area contributed by atoms with Crippen LogP contribution in [0, 0.1) is 0 Å². The Balaban J connectivity index is 2.36. The first kappa shape index (κ1) is 14.0. The molecule has 0 aliphatic carbocycles. The van der Waals surface area contributed by atoms with E-state index in [9.17, 15) is 4.79 Å². The van der Waals surface area contributed by atoms with Crippen LogP contribution in [0.4, 0.5) is 10.6 Å². The number of ether oxygens (including phenoxy) is 1. The molecule has 0 aromatic carbocycles. The summed E-state index contributed by atoms with van der Waals surface area (Å²) in [5.41, 5.74) is 6.18. The molecule has 1 aromatic heterocycles. The normalized spacial score (nSPS) is 18.2. The number of nitrogens with two attached hydrogens (primary N) is 1. The lowest BCUT2D eigenvalue weighted by atomic mass is 10.1. The summed E-state index contributed by atoms with van der Waals surface area (Å²) in [6.45, 7) is 5.43. The van der Waals surface area contributed by atoms with Crippen molar-refractivity contribution < 1.29 is 9.53 Å². The lowest BCUT2D eigenvalue weighted by Crippen LogP contribution is -2.49. The van der Waals surface area contributed by atoms with Crippen LogP contribution in [0.1, 0.15) is 26.3 Å². The second kappa shape index (κ2) is 4.94. The van der Waals surface area contributed by atoms with Crippen molar-refractivity contribution in [1.82, 2.24) is 4.98 Å². The predicted molar refractivity (Wildman–Crippen MR) is 77.7 cm³/mol. The Kier molecular flexibility index (Phi) is 3.64. The van der Waals surface area contributed by atoms with E-state index in [-0.39, 0.29) is 0 Å². The number of aromatic nitrogens is 1. The minimum Gasteiger partial charge on any atom is -0.443 e. The average molecular weight is 326 g/mol. The Morgan fingerprint density at radius 3 is 2.84 bits per heavy atom. The molecule has 6 heteroatoms. The molecule has 0 saturated heterocycles. The van der Waals surface area contributed by atoms with Gasteiger partial charge in [0.1, 0.15) is 17.6 Å². The van der Waals surface area contributed by atoms with Crippen molar-refractivity contribution in [2.45, 2.75) is 32.5 Å². The highest BCUT2D eigenvalue weighted by atomic mass is 79.9. The first-order chi connectivity index (χ1) is 8.78. The van der Waals surface area contributed by atoms with E-state index in [0.29, 0.717) is 5.82 Å². The highest BCUT2D eigenvalue weighted by Gasteiger charge is 2.31. The van der Waals surface area contributed by atoms with Crippen molar-refractivity contribution >= 4 is 33.9 Å². The van der Waals surface area contributed by atoms with E-state index in [0.717, 1.165) is 10.0 Å². The summed E-state index contributed by atoms with van der Waals surface area (Å²) in [7, 11) is 0. The number of fused-ring (bicyclic) bond motifs is 1. The molecule has 2 heterocycles. The molecule has 1 aromatic rings. The molecule has 0 bridgehead atoms. The fourth-order valence-electron chi connectivity index (χ4n) is 1.72. The van der Waals surface area contributed by atoms with Crippen molar-refractivity contribution in [1.29, 1.82) is 0 Å². The third-order valence-corrected chi connectivity index (χ3v) is 2.88. The minimum absolute atomic E-state index is 0.500. The maximum Gasteiger partial charge on any atom is 0.417 e. The summed E-state index contributed by atoms with van der Waals surface area (Å²) in [6.07, 6.45) is 4.14. The van der Waals surface area contributed by atoms with Crippen LogP contribution < -0.4 is 10.6 Å². The molecule has 0 spiro atoms. The van der Waals surface area contributed by atoms with Gasteiger partial charge in [-0.3, -0.25) is 0 Å². The molecule has 1 unspecified atom stereocenters. The first-order valence-corrected chi connectivity index (χ1v) is 6.69. The largest absolute Gasteiger partial charge is 0.443 e. The molecule has 1 aliphatic heterocycles. The zero-order valence-corrected chi connectivity index (χ0v) is 12.6. The third kappa shape index (κ3) is 3.13. The van der Waals surface area contributed by atoms with Crippen LogP contribution in [-0.4, -0.2) is 22.8 Å². The molecule has 1 atom stereocenters. The second-order valence-electron chi connectivity index (χ2n) is 5.27. The number of nitrogens with zero attached hydrogens (tertiary/aromatic N) is 2. The van der Waals surface area contributed by atoms with Gasteiger partial charge in [0.25, 0.3) is 0 Å². The molecule has 1 amide bonds. The van der Waals surface area contributed by atoms with Crippen LogP contribution >= 0.6 is 15.9 Å². The molecule has 1 aliphatic rings. The molecule has 0 radical (unpaired) electrons. The number of anilines is 1. The minimum atomic E-state index is -0.576. The van der Waals surface area contributed by atoms with Crippen molar-refractivity contribution in [2.24, 2.45) is 5.73 Å². The lowest BCUT2D eigenvalue weighted by molar-refractivity contribution is 0.0571. The highest BCUT2D eigenvalue weighted by Crippen LogP contribution is 2.29. The summed E-state index contributed by atoms with van der Waals surface area (Å²) in [6, 6.07) is 1.88. The van der Waals surface area contributed by atoms with Crippen molar-refractivity contribution in [3.63, 3.8) is 0 Å². The first-order valence-electron chi connectivity index (χ1n) is 5.89. The fourth-order valence-corrected chi connectivity index (χ4v) is 2.07. The lowest BCUT2D eigenvalue weighted by Gasteiger charge is -2.32. The monoisotopic (exact) mass is 325 g/mol. The van der Waals surface area contributed by atoms with Gasteiger partial charge in [0.2, 0.25) is 0 Å². The van der Waals surface area contributed by atoms with Gasteiger partial charge in [0.05, 0.1) is 0 Å². The molecule has 0 fully saturated rings. The molecule has 2 rings (SSSR count). The number of hydrogen-bond acceptors (Lipinski definition) is 4. The van der Waals surface area contributed by atoms with E-state index in [4.69, 9.17) is 10.5 Å². The highest BCUT2D eigenvalue weighted by molar-refractivity contribution is 9.10. The van der Waals surface area contributed by atoms with Gasteiger partial charge < -0.3 is 10.5 Å². The smallest absolute Gasteiger partial charge is 0.417 e. The maximum atomic E-state index is 12.2. The fraction of sp³-hybridized carbons (Fsp3) is 0.385. The Morgan fingerprint density at radius 1 is 1.53 bits per heavy atom. The van der Waals surface area contributed by atoms with E-state index >= 15 is 0 Å². The molecule has 19 heavy (non-hydrogen) atoms. The van der Waals surface area contributed by atoms with E-state index in [1.807, 2.05) is 32.9 Å². The van der Waals surface area contributed by atoms with Crippen LogP contribution in [0.25, 0.3) is 6.08 Å². The molecule has 102 valence electrons. The van der Waals surface area contributed by atoms with Gasteiger partial charge in [-0.15, -0.1) is 0 Å². The number of rotatable bonds is 0. The predicted octanol–water partition coefficient (Wildman–Crippen LogP) is 2.90. The standard InChI is InChI=1S/C13H16BrN3O2/c1-13(2,3)19-12(18)17-10(15)5-4-8-6-9(14)7-16-11(8)17/h4-7,10H,15H2,1-3H3. The molecule has 5 nitrogen and oxygen atoms in total. The Bertz CT molecular complexity index is 537. The Hall–Kier alpha value is -1.40. The van der Waals surface area contributed by atoms with Gasteiger partial charge >= 0.3 is 6.09 Å². The summed E-state index contributed by atoms with van der Waals surface area (Å²) in [5, 5.41) is 0. The Morgan fingerprint density at radius 2 is 2.21 bits per heavy atom. The van der Waals surface area contributed by atoms with Crippen LogP contribution in [-0.2, 0) is 4.74 Å². The quantitative estimate of drug-likeness (QED) is 0.796. The van der Waals surface area contributed by atoms with Gasteiger partial charge in [-0.2, -0.15) is 0 Å². The van der Waals surface area contributed by atoms with E-state index < -0.39 is 17.9 Å². The van der Waals surface area contributed by atoms with Crippen molar-refractivity contribution in [2.75, 3.05) is 4.90 Å². The van der Waals surface area contributed by atoms with Crippen molar-refractivity contribution in [3.8, 4) is 0 Å². The summed E-state index contributed by atoms with van der Waals surface area (Å²) in [5.74, 6) is 0.507. The van der Waals surface area contributed by atoms with E-state index in [1.165, 1.54) is 4.90 Å². The summed E-state index contributed by atoms with van der Waals surface area (Å²) >= 11 is 3.35. The van der Waals surface area contributed by atoms with Crippen LogP contribution in [0.3, 0.4) is 0 Å².